The van der Waals surface area contributed by atoms with Crippen LogP contribution in [-0.4, -0.2) is 16.4 Å². The Balaban J connectivity index is 1.54. The summed E-state index contributed by atoms with van der Waals surface area (Å²) in [6, 6.07) is 11.8. The number of aromatic nitrogens is 1. The second-order valence-electron chi connectivity index (χ2n) is 7.76. The number of nitrogens with one attached hydrogen (secondary N) is 1. The molecule has 0 radical (unpaired) electrons. The van der Waals surface area contributed by atoms with Crippen molar-refractivity contribution in [3.05, 3.63) is 56.9 Å². The monoisotopic (exact) mass is 336 g/mol. The van der Waals surface area contributed by atoms with Gasteiger partial charge in [-0.15, -0.1) is 11.3 Å². The predicted molar refractivity (Wildman–Crippen MR) is 102 cm³/mol. The fourth-order valence-electron chi connectivity index (χ4n) is 4.52. The van der Waals surface area contributed by atoms with Crippen LogP contribution in [0.3, 0.4) is 0 Å². The minimum Gasteiger partial charge on any atom is -0.357 e. The van der Waals surface area contributed by atoms with Gasteiger partial charge in [0.25, 0.3) is 0 Å². The number of rotatable bonds is 2. The Hall–Kier alpha value is -1.58. The van der Waals surface area contributed by atoms with E-state index in [1.165, 1.54) is 42.4 Å². The summed E-state index contributed by atoms with van der Waals surface area (Å²) in [5, 5.41) is 1.43. The van der Waals surface area contributed by atoms with Gasteiger partial charge in [0, 0.05) is 45.9 Å². The van der Waals surface area contributed by atoms with E-state index < -0.39 is 0 Å². The summed E-state index contributed by atoms with van der Waals surface area (Å²) in [6.45, 7) is 6.95. The first-order chi connectivity index (χ1) is 11.7. The summed E-state index contributed by atoms with van der Waals surface area (Å²) in [5.74, 6) is 0.744. The molecule has 2 aliphatic heterocycles. The molecule has 2 aromatic heterocycles. The highest BCUT2D eigenvalue weighted by atomic mass is 32.1. The molecule has 0 saturated carbocycles. The smallest absolute Gasteiger partial charge is 0.0553 e. The number of hydrogen-bond donors (Lipinski definition) is 1. The lowest BCUT2D eigenvalue weighted by atomic mass is 9.91. The lowest BCUT2D eigenvalue weighted by Gasteiger charge is -2.39. The normalized spacial score (nSPS) is 20.2. The molecule has 0 spiro atoms. The second kappa shape index (κ2) is 5.47. The van der Waals surface area contributed by atoms with Crippen LogP contribution in [0.2, 0.25) is 0 Å². The van der Waals surface area contributed by atoms with Gasteiger partial charge in [0.05, 0.1) is 6.04 Å². The number of nitrogens with zero attached hydrogens (tertiary/aromatic N) is 1. The van der Waals surface area contributed by atoms with Gasteiger partial charge in [-0.25, -0.2) is 0 Å². The molecule has 124 valence electrons. The highest BCUT2D eigenvalue weighted by Crippen LogP contribution is 2.42. The molecular weight excluding hydrogens is 312 g/mol. The molecule has 2 aliphatic rings. The van der Waals surface area contributed by atoms with Crippen molar-refractivity contribution in [2.45, 2.75) is 45.7 Å². The van der Waals surface area contributed by atoms with Gasteiger partial charge in [0.2, 0.25) is 0 Å². The van der Waals surface area contributed by atoms with Gasteiger partial charge < -0.3 is 4.98 Å². The maximum atomic E-state index is 3.75. The molecule has 0 aliphatic carbocycles. The van der Waals surface area contributed by atoms with E-state index in [4.69, 9.17) is 0 Å². The van der Waals surface area contributed by atoms with Gasteiger partial charge in [-0.2, -0.15) is 0 Å². The molecule has 0 saturated heterocycles. The first kappa shape index (κ1) is 14.7. The van der Waals surface area contributed by atoms with Crippen molar-refractivity contribution in [2.24, 2.45) is 5.92 Å². The zero-order valence-corrected chi connectivity index (χ0v) is 15.2. The van der Waals surface area contributed by atoms with E-state index in [-0.39, 0.29) is 0 Å². The molecule has 1 aromatic carbocycles. The average molecular weight is 337 g/mol. The van der Waals surface area contributed by atoms with Crippen LogP contribution in [0.5, 0.6) is 0 Å². The van der Waals surface area contributed by atoms with Gasteiger partial charge in [-0.3, -0.25) is 4.90 Å². The van der Waals surface area contributed by atoms with E-state index in [0.29, 0.717) is 6.04 Å². The van der Waals surface area contributed by atoms with Gasteiger partial charge in [-0.1, -0.05) is 32.0 Å². The highest BCUT2D eigenvalue weighted by Gasteiger charge is 2.35. The minimum absolute atomic E-state index is 0.541. The van der Waals surface area contributed by atoms with Gasteiger partial charge in [-0.05, 0) is 42.0 Å². The Morgan fingerprint density at radius 3 is 3.04 bits per heavy atom. The van der Waals surface area contributed by atoms with Gasteiger partial charge in [0.15, 0.2) is 0 Å². The van der Waals surface area contributed by atoms with E-state index in [0.717, 1.165) is 12.5 Å². The SMILES string of the molecule is CC(C)Cc1cc2c(s1)CC1c3[nH]c4ccccc4c3CCN1C2. The molecule has 4 heterocycles. The van der Waals surface area contributed by atoms with Crippen molar-refractivity contribution in [3.8, 4) is 0 Å². The molecule has 0 fully saturated rings. The first-order valence-electron chi connectivity index (χ1n) is 9.13. The van der Waals surface area contributed by atoms with E-state index in [1.54, 1.807) is 20.9 Å². The number of benzene rings is 1. The average Bonchev–Trinajstić information content (AvgIpc) is 3.11. The maximum Gasteiger partial charge on any atom is 0.0553 e. The van der Waals surface area contributed by atoms with Crippen LogP contribution >= 0.6 is 11.3 Å². The summed E-state index contributed by atoms with van der Waals surface area (Å²) in [6.07, 6.45) is 3.58. The van der Waals surface area contributed by atoms with Crippen LogP contribution in [0.1, 0.15) is 46.5 Å². The fourth-order valence-corrected chi connectivity index (χ4v) is 5.95. The van der Waals surface area contributed by atoms with Crippen molar-refractivity contribution in [2.75, 3.05) is 6.54 Å². The molecule has 5 rings (SSSR count). The molecular formula is C21H24N2S. The second-order valence-corrected chi connectivity index (χ2v) is 8.98. The Bertz CT molecular complexity index is 902. The zero-order valence-electron chi connectivity index (χ0n) is 14.4. The molecule has 0 bridgehead atoms. The largest absolute Gasteiger partial charge is 0.357 e. The molecule has 3 aromatic rings. The Labute approximate surface area is 147 Å². The third-order valence-electron chi connectivity index (χ3n) is 5.58. The topological polar surface area (TPSA) is 19.0 Å². The van der Waals surface area contributed by atoms with Gasteiger partial charge >= 0.3 is 0 Å². The van der Waals surface area contributed by atoms with Crippen LogP contribution in [0, 0.1) is 5.92 Å². The summed E-state index contributed by atoms with van der Waals surface area (Å²) < 4.78 is 0. The molecule has 3 heteroatoms. The van der Waals surface area contributed by atoms with Gasteiger partial charge in [0.1, 0.15) is 0 Å². The Kier molecular flexibility index (Phi) is 3.36. The molecule has 1 N–H and O–H groups in total. The molecule has 24 heavy (non-hydrogen) atoms. The minimum atomic E-state index is 0.541. The molecule has 2 nitrogen and oxygen atoms in total. The molecule has 1 atom stereocenters. The number of thiophene rings is 1. The van der Waals surface area contributed by atoms with Crippen molar-refractivity contribution < 1.29 is 0 Å². The maximum absolute atomic E-state index is 3.75. The van der Waals surface area contributed by atoms with Crippen LogP contribution in [0.25, 0.3) is 10.9 Å². The highest BCUT2D eigenvalue weighted by molar-refractivity contribution is 7.12. The van der Waals surface area contributed by atoms with Crippen LogP contribution in [-0.2, 0) is 25.8 Å². The van der Waals surface area contributed by atoms with Crippen LogP contribution < -0.4 is 0 Å². The summed E-state index contributed by atoms with van der Waals surface area (Å²) >= 11 is 2.06. The third kappa shape index (κ3) is 2.26. The lowest BCUT2D eigenvalue weighted by molar-refractivity contribution is 0.160. The van der Waals surface area contributed by atoms with E-state index >= 15 is 0 Å². The predicted octanol–water partition coefficient (Wildman–Crippen LogP) is 5.08. The van der Waals surface area contributed by atoms with Crippen LogP contribution in [0.15, 0.2) is 30.3 Å². The van der Waals surface area contributed by atoms with Crippen molar-refractivity contribution in [1.82, 2.24) is 9.88 Å². The number of fused-ring (bicyclic) bond motifs is 6. The van der Waals surface area contributed by atoms with Crippen molar-refractivity contribution in [3.63, 3.8) is 0 Å². The quantitative estimate of drug-likeness (QED) is 0.691. The Morgan fingerprint density at radius 2 is 2.17 bits per heavy atom. The third-order valence-corrected chi connectivity index (χ3v) is 6.80. The van der Waals surface area contributed by atoms with E-state index in [9.17, 15) is 0 Å². The summed E-state index contributed by atoms with van der Waals surface area (Å²) in [7, 11) is 0. The molecule has 0 amide bonds. The summed E-state index contributed by atoms with van der Waals surface area (Å²) in [5.41, 5.74) is 5.94. The standard InChI is InChI=1S/C21H24N2S/c1-13(2)9-15-10-14-12-23-8-7-17-16-5-3-4-6-18(16)22-21(17)19(23)11-20(14)24-15/h3-6,10,13,19,22H,7-9,11-12H2,1-2H3. The fraction of sp³-hybridized carbons (Fsp3) is 0.429. The Morgan fingerprint density at radius 1 is 1.29 bits per heavy atom. The number of H-pyrrole nitrogens is 1. The van der Waals surface area contributed by atoms with Crippen molar-refractivity contribution in [1.29, 1.82) is 0 Å². The van der Waals surface area contributed by atoms with Crippen LogP contribution in [0.4, 0.5) is 0 Å². The van der Waals surface area contributed by atoms with E-state index in [2.05, 4.69) is 65.4 Å². The molecule has 1 unspecified atom stereocenters. The number of aromatic amines is 1. The zero-order chi connectivity index (χ0) is 16.3. The van der Waals surface area contributed by atoms with Crippen molar-refractivity contribution >= 4 is 22.2 Å². The summed E-state index contributed by atoms with van der Waals surface area (Å²) in [4.78, 5) is 9.63. The lowest BCUT2D eigenvalue weighted by Crippen LogP contribution is -2.38. The number of para-hydroxylation sites is 1. The number of hydrogen-bond acceptors (Lipinski definition) is 2. The van der Waals surface area contributed by atoms with E-state index in [1.807, 2.05) is 0 Å². The first-order valence-corrected chi connectivity index (χ1v) is 9.94.